The van der Waals surface area contributed by atoms with Gasteiger partial charge in [0, 0.05) is 6.42 Å². The fourth-order valence-electron chi connectivity index (χ4n) is 10.0. The van der Waals surface area contributed by atoms with Gasteiger partial charge in [0.15, 0.2) is 12.6 Å². The third-order valence-corrected chi connectivity index (χ3v) is 14.9. The summed E-state index contributed by atoms with van der Waals surface area (Å²) in [4.78, 5) is 13.2. The van der Waals surface area contributed by atoms with Gasteiger partial charge >= 0.3 is 0 Å². The Kier molecular flexibility index (Phi) is 42.1. The SMILES string of the molecule is CCCCCCCCCCCCCCCC/C=C/CC/C=C/C(O)C(COC1OC(CO)C(OC2OC(CO)C(O)C(O)C2O)C(O)C1O)NC(=O)CCCCCCCCCCCCCCCCCCCCC. The maximum atomic E-state index is 13.2. The minimum Gasteiger partial charge on any atom is -0.394 e. The second-order valence-electron chi connectivity index (χ2n) is 21.5. The van der Waals surface area contributed by atoms with E-state index >= 15 is 0 Å². The van der Waals surface area contributed by atoms with Gasteiger partial charge in [0.25, 0.3) is 0 Å². The maximum Gasteiger partial charge on any atom is 0.220 e. The van der Waals surface area contributed by atoms with Gasteiger partial charge in [-0.2, -0.15) is 0 Å². The number of hydrogen-bond acceptors (Lipinski definition) is 13. The van der Waals surface area contributed by atoms with Crippen molar-refractivity contribution in [2.24, 2.45) is 0 Å². The lowest BCUT2D eigenvalue weighted by Gasteiger charge is -2.46. The van der Waals surface area contributed by atoms with Crippen molar-refractivity contribution < 1.29 is 64.6 Å². The molecule has 2 heterocycles. The van der Waals surface area contributed by atoms with Crippen molar-refractivity contribution in [3.05, 3.63) is 24.3 Å². The fraction of sp³-hybridized carbons (Fsp3) is 0.915. The Balaban J connectivity index is 1.78. The first-order valence-electron chi connectivity index (χ1n) is 30.1. The summed E-state index contributed by atoms with van der Waals surface area (Å²) in [7, 11) is 0. The summed E-state index contributed by atoms with van der Waals surface area (Å²) in [5, 5.41) is 87.1. The highest BCUT2D eigenvalue weighted by molar-refractivity contribution is 5.76. The number of aliphatic hydroxyl groups is 8. The van der Waals surface area contributed by atoms with Crippen LogP contribution in [0.2, 0.25) is 0 Å². The summed E-state index contributed by atoms with van der Waals surface area (Å²) in [6, 6.07) is -0.927. The third kappa shape index (κ3) is 31.5. The number of carbonyl (C=O) groups is 1. The molecule has 73 heavy (non-hydrogen) atoms. The van der Waals surface area contributed by atoms with Crippen molar-refractivity contribution in [3.63, 3.8) is 0 Å². The smallest absolute Gasteiger partial charge is 0.220 e. The van der Waals surface area contributed by atoms with E-state index in [1.807, 2.05) is 6.08 Å². The van der Waals surface area contributed by atoms with Gasteiger partial charge < -0.3 is 65.1 Å². The van der Waals surface area contributed by atoms with Crippen LogP contribution in [0.4, 0.5) is 0 Å². The third-order valence-electron chi connectivity index (χ3n) is 14.9. The molecule has 14 nitrogen and oxygen atoms in total. The van der Waals surface area contributed by atoms with E-state index in [-0.39, 0.29) is 18.9 Å². The number of amides is 1. The quantitative estimate of drug-likeness (QED) is 0.0204. The van der Waals surface area contributed by atoms with Crippen molar-refractivity contribution in [3.8, 4) is 0 Å². The van der Waals surface area contributed by atoms with Crippen LogP contribution in [-0.2, 0) is 23.7 Å². The molecular weight excluding hydrogens is 931 g/mol. The topological polar surface area (TPSA) is 228 Å². The monoisotopic (exact) mass is 1040 g/mol. The number of allylic oxidation sites excluding steroid dienone is 3. The second-order valence-corrected chi connectivity index (χ2v) is 21.5. The van der Waals surface area contributed by atoms with Crippen LogP contribution in [0, 0.1) is 0 Å². The Morgan fingerprint density at radius 2 is 0.877 bits per heavy atom. The first-order valence-corrected chi connectivity index (χ1v) is 30.1. The summed E-state index contributed by atoms with van der Waals surface area (Å²) in [6.45, 7) is 2.81. The molecule has 1 amide bonds. The molecule has 0 bridgehead atoms. The lowest BCUT2D eigenvalue weighted by atomic mass is 9.97. The molecule has 0 aromatic heterocycles. The molecule has 14 heteroatoms. The molecule has 0 spiro atoms. The average molecular weight is 1040 g/mol. The van der Waals surface area contributed by atoms with Crippen LogP contribution < -0.4 is 5.32 Å². The van der Waals surface area contributed by atoms with Crippen LogP contribution in [0.15, 0.2) is 24.3 Å². The first-order chi connectivity index (χ1) is 35.6. The predicted molar refractivity (Wildman–Crippen MR) is 291 cm³/mol. The van der Waals surface area contributed by atoms with Crippen LogP contribution in [0.3, 0.4) is 0 Å². The second kappa shape index (κ2) is 45.5. The van der Waals surface area contributed by atoms with Gasteiger partial charge in [-0.05, 0) is 32.1 Å². The zero-order valence-electron chi connectivity index (χ0n) is 46.1. The highest BCUT2D eigenvalue weighted by Crippen LogP contribution is 2.30. The van der Waals surface area contributed by atoms with E-state index in [9.17, 15) is 45.6 Å². The highest BCUT2D eigenvalue weighted by Gasteiger charge is 2.51. The van der Waals surface area contributed by atoms with Gasteiger partial charge in [-0.25, -0.2) is 0 Å². The van der Waals surface area contributed by atoms with Crippen molar-refractivity contribution >= 4 is 5.91 Å². The van der Waals surface area contributed by atoms with E-state index in [0.29, 0.717) is 12.8 Å². The fourth-order valence-corrected chi connectivity index (χ4v) is 10.0. The zero-order valence-corrected chi connectivity index (χ0v) is 46.1. The molecule has 2 fully saturated rings. The van der Waals surface area contributed by atoms with Gasteiger partial charge in [-0.1, -0.05) is 237 Å². The zero-order chi connectivity index (χ0) is 53.2. The number of rotatable bonds is 48. The number of hydrogen-bond donors (Lipinski definition) is 9. The summed E-state index contributed by atoms with van der Waals surface area (Å²) in [6.07, 6.45) is 36.4. The van der Waals surface area contributed by atoms with E-state index in [2.05, 4.69) is 31.3 Å². The van der Waals surface area contributed by atoms with Crippen LogP contribution in [-0.4, -0.2) is 140 Å². The maximum absolute atomic E-state index is 13.2. The summed E-state index contributed by atoms with van der Waals surface area (Å²) < 4.78 is 22.8. The lowest BCUT2D eigenvalue weighted by molar-refractivity contribution is -0.359. The van der Waals surface area contributed by atoms with Crippen molar-refractivity contribution in [1.82, 2.24) is 5.32 Å². The molecule has 2 aliphatic rings. The van der Waals surface area contributed by atoms with Gasteiger partial charge in [-0.3, -0.25) is 4.79 Å². The minimum atomic E-state index is -1.79. The Labute approximate surface area is 443 Å². The molecular formula is C59H111NO13. The predicted octanol–water partition coefficient (Wildman–Crippen LogP) is 10.1. The van der Waals surface area contributed by atoms with Crippen LogP contribution in [0.25, 0.3) is 0 Å². The molecule has 2 saturated heterocycles. The normalized spacial score (nSPS) is 25.5. The van der Waals surface area contributed by atoms with E-state index in [1.165, 1.54) is 186 Å². The Morgan fingerprint density at radius 3 is 1.34 bits per heavy atom. The van der Waals surface area contributed by atoms with E-state index in [4.69, 9.17) is 18.9 Å². The Morgan fingerprint density at radius 1 is 0.479 bits per heavy atom. The van der Waals surface area contributed by atoms with Crippen LogP contribution >= 0.6 is 0 Å². The number of ether oxygens (including phenoxy) is 4. The van der Waals surface area contributed by atoms with E-state index < -0.39 is 86.8 Å². The average Bonchev–Trinajstić information content (AvgIpc) is 3.39. The van der Waals surface area contributed by atoms with Crippen molar-refractivity contribution in [2.75, 3.05) is 19.8 Å². The number of nitrogens with one attached hydrogen (secondary N) is 1. The molecule has 12 unspecified atom stereocenters. The Bertz CT molecular complexity index is 1320. The lowest BCUT2D eigenvalue weighted by Crippen LogP contribution is -2.65. The molecule has 12 atom stereocenters. The summed E-state index contributed by atoms with van der Waals surface area (Å²) in [5.74, 6) is -0.245. The Hall–Kier alpha value is -1.53. The van der Waals surface area contributed by atoms with Crippen molar-refractivity contribution in [1.29, 1.82) is 0 Å². The summed E-state index contributed by atoms with van der Waals surface area (Å²) in [5.41, 5.74) is 0. The molecule has 430 valence electrons. The van der Waals surface area contributed by atoms with Gasteiger partial charge in [-0.15, -0.1) is 0 Å². The first kappa shape index (κ1) is 67.6. The number of aliphatic hydroxyl groups excluding tert-OH is 8. The van der Waals surface area contributed by atoms with Gasteiger partial charge in [0.1, 0.15) is 48.8 Å². The number of unbranched alkanes of at least 4 members (excludes halogenated alkanes) is 33. The standard InChI is InChI=1S/C59H111NO13/c1-3-5-7-9-11-13-15-17-19-21-23-25-26-28-30-32-34-36-38-40-42-48(63)47(60-51(64)43-41-39-37-35-33-31-29-27-24-22-20-18-16-14-12-10-8-6-4-2)46-70-58-56(69)54(67)57(50(45-62)72-58)73-59-55(68)53(66)52(65)49(44-61)71-59/h32,34,40,42,47-50,52-59,61-63,65-69H,3-31,33,35-39,41,43-46H2,1-2H3,(H,60,64)/b34-32+,42-40+. The van der Waals surface area contributed by atoms with E-state index in [1.54, 1.807) is 6.08 Å². The number of carbonyl (C=O) groups excluding carboxylic acids is 1. The molecule has 0 aromatic carbocycles. The minimum absolute atomic E-state index is 0.245. The van der Waals surface area contributed by atoms with E-state index in [0.717, 1.165) is 32.1 Å². The molecule has 0 radical (unpaired) electrons. The van der Waals surface area contributed by atoms with Crippen LogP contribution in [0.5, 0.6) is 0 Å². The largest absolute Gasteiger partial charge is 0.394 e. The summed E-state index contributed by atoms with van der Waals surface area (Å²) >= 11 is 0. The molecule has 2 aliphatic heterocycles. The van der Waals surface area contributed by atoms with Gasteiger partial charge in [0.2, 0.25) is 5.91 Å². The van der Waals surface area contributed by atoms with Crippen LogP contribution in [0.1, 0.15) is 251 Å². The van der Waals surface area contributed by atoms with Gasteiger partial charge in [0.05, 0.1) is 32.0 Å². The molecule has 2 rings (SSSR count). The molecule has 0 aromatic rings. The molecule has 0 saturated carbocycles. The molecule has 0 aliphatic carbocycles. The highest BCUT2D eigenvalue weighted by atomic mass is 16.7. The molecule has 9 N–H and O–H groups in total. The van der Waals surface area contributed by atoms with Crippen molar-refractivity contribution in [2.45, 2.75) is 325 Å².